The maximum absolute atomic E-state index is 3.87. The van der Waals surface area contributed by atoms with E-state index in [4.69, 9.17) is 0 Å². The molecular formula is C6H8N2. The van der Waals surface area contributed by atoms with Gasteiger partial charge in [-0.3, -0.25) is 0 Å². The van der Waals surface area contributed by atoms with E-state index in [1.165, 1.54) is 0 Å². The van der Waals surface area contributed by atoms with Crippen LogP contribution in [0.15, 0.2) is 22.3 Å². The molecule has 0 spiro atoms. The van der Waals surface area contributed by atoms with Crippen molar-refractivity contribution in [2.45, 2.75) is 6.92 Å². The number of aliphatic imine (C=N–C) groups is 2. The zero-order valence-electron chi connectivity index (χ0n) is 4.78. The lowest BCUT2D eigenvalue weighted by molar-refractivity contribution is 1.03. The predicted octanol–water partition coefficient (Wildman–Crippen LogP) is 1.25. The summed E-state index contributed by atoms with van der Waals surface area (Å²) in [5.41, 5.74) is 0. The minimum absolute atomic E-state index is 0.428. The number of hydrogen-bond acceptors (Lipinski definition) is 2. The van der Waals surface area contributed by atoms with E-state index < -0.39 is 0 Å². The molecule has 2 heteroatoms. The van der Waals surface area contributed by atoms with Gasteiger partial charge < -0.3 is 0 Å². The molecule has 42 valence electrons. The maximum Gasteiger partial charge on any atom is 0.114 e. The summed E-state index contributed by atoms with van der Waals surface area (Å²) in [6.45, 7) is 2.06. The van der Waals surface area contributed by atoms with E-state index in [1.54, 1.807) is 12.5 Å². The van der Waals surface area contributed by atoms with Crippen molar-refractivity contribution >= 4 is 12.6 Å². The van der Waals surface area contributed by atoms with Crippen LogP contribution in [0.25, 0.3) is 0 Å². The Kier molecular flexibility index (Phi) is 1.57. The average Bonchev–Trinajstić information content (AvgIpc) is 1.94. The zero-order valence-corrected chi connectivity index (χ0v) is 4.78. The van der Waals surface area contributed by atoms with Crippen molar-refractivity contribution in [1.29, 1.82) is 0 Å². The summed E-state index contributed by atoms with van der Waals surface area (Å²) in [4.78, 5) is 7.69. The quantitative estimate of drug-likeness (QED) is 0.446. The fraction of sp³-hybridized carbons (Fsp3) is 0.333. The normalized spacial score (nSPS) is 25.9. The molecule has 0 fully saturated rings. The average molecular weight is 108 g/mol. The molecule has 1 aliphatic heterocycles. The highest BCUT2D eigenvalue weighted by atomic mass is 14.8. The molecule has 0 aliphatic carbocycles. The molecule has 1 heterocycles. The summed E-state index contributed by atoms with van der Waals surface area (Å²) in [6.07, 6.45) is 7.15. The summed E-state index contributed by atoms with van der Waals surface area (Å²) in [5.74, 6) is 0.428. The van der Waals surface area contributed by atoms with Gasteiger partial charge in [-0.15, -0.1) is 0 Å². The number of hydrogen-bond donors (Lipinski definition) is 0. The zero-order chi connectivity index (χ0) is 5.82. The fourth-order valence-corrected chi connectivity index (χ4v) is 0.486. The molecule has 0 amide bonds. The van der Waals surface area contributed by atoms with Gasteiger partial charge in [0.05, 0.1) is 0 Å². The summed E-state index contributed by atoms with van der Waals surface area (Å²) < 4.78 is 0. The third-order valence-corrected chi connectivity index (χ3v) is 0.930. The standard InChI is InChI=1S/C6H8N2/c1-6-2-3-7-5-8-4-6/h2-6H,1H3. The second kappa shape index (κ2) is 2.40. The topological polar surface area (TPSA) is 24.7 Å². The summed E-state index contributed by atoms with van der Waals surface area (Å²) >= 11 is 0. The van der Waals surface area contributed by atoms with E-state index in [2.05, 4.69) is 16.9 Å². The predicted molar refractivity (Wildman–Crippen MR) is 35.3 cm³/mol. The summed E-state index contributed by atoms with van der Waals surface area (Å²) in [6, 6.07) is 0. The Morgan fingerprint density at radius 1 is 1.38 bits per heavy atom. The van der Waals surface area contributed by atoms with Gasteiger partial charge in [-0.25, -0.2) is 9.98 Å². The Morgan fingerprint density at radius 2 is 2.25 bits per heavy atom. The highest BCUT2D eigenvalue weighted by molar-refractivity contribution is 5.75. The van der Waals surface area contributed by atoms with Crippen molar-refractivity contribution in [2.24, 2.45) is 15.9 Å². The first kappa shape index (κ1) is 5.22. The van der Waals surface area contributed by atoms with E-state index in [0.29, 0.717) is 5.92 Å². The molecule has 0 saturated carbocycles. The van der Waals surface area contributed by atoms with Crippen molar-refractivity contribution in [3.8, 4) is 0 Å². The highest BCUT2D eigenvalue weighted by Crippen LogP contribution is 1.94. The van der Waals surface area contributed by atoms with Gasteiger partial charge in [0.1, 0.15) is 6.34 Å². The van der Waals surface area contributed by atoms with Gasteiger partial charge in [-0.1, -0.05) is 13.0 Å². The number of allylic oxidation sites excluding steroid dienone is 1. The molecule has 0 radical (unpaired) electrons. The van der Waals surface area contributed by atoms with E-state index in [9.17, 15) is 0 Å². The van der Waals surface area contributed by atoms with Crippen molar-refractivity contribution < 1.29 is 0 Å². The maximum atomic E-state index is 3.87. The minimum Gasteiger partial charge on any atom is -0.249 e. The lowest BCUT2D eigenvalue weighted by Crippen LogP contribution is -1.87. The van der Waals surface area contributed by atoms with Gasteiger partial charge in [-0.2, -0.15) is 0 Å². The Hall–Kier alpha value is -0.920. The van der Waals surface area contributed by atoms with Gasteiger partial charge in [0, 0.05) is 18.3 Å². The van der Waals surface area contributed by atoms with E-state index >= 15 is 0 Å². The highest BCUT2D eigenvalue weighted by Gasteiger charge is 1.89. The SMILES string of the molecule is CC1C=CN=CN=C1. The van der Waals surface area contributed by atoms with Crippen LogP contribution in [0.5, 0.6) is 0 Å². The first-order chi connectivity index (χ1) is 3.89. The van der Waals surface area contributed by atoms with Gasteiger partial charge in [-0.05, 0) is 0 Å². The summed E-state index contributed by atoms with van der Waals surface area (Å²) in [7, 11) is 0. The van der Waals surface area contributed by atoms with Crippen LogP contribution in [-0.4, -0.2) is 12.6 Å². The van der Waals surface area contributed by atoms with Crippen LogP contribution < -0.4 is 0 Å². The smallest absolute Gasteiger partial charge is 0.114 e. The molecule has 1 rings (SSSR count). The number of rotatable bonds is 0. The van der Waals surface area contributed by atoms with Gasteiger partial charge in [0.2, 0.25) is 0 Å². The molecule has 0 aromatic rings. The van der Waals surface area contributed by atoms with Crippen molar-refractivity contribution in [2.75, 3.05) is 0 Å². The van der Waals surface area contributed by atoms with Crippen molar-refractivity contribution in [3.05, 3.63) is 12.3 Å². The Bertz CT molecular complexity index is 129. The Morgan fingerprint density at radius 3 is 3.12 bits per heavy atom. The summed E-state index contributed by atoms with van der Waals surface area (Å²) in [5, 5.41) is 0. The molecule has 0 saturated heterocycles. The van der Waals surface area contributed by atoms with Crippen LogP contribution in [0.3, 0.4) is 0 Å². The largest absolute Gasteiger partial charge is 0.249 e. The molecule has 0 bridgehead atoms. The van der Waals surface area contributed by atoms with Crippen LogP contribution in [0.4, 0.5) is 0 Å². The Balaban J connectivity index is 2.66. The van der Waals surface area contributed by atoms with Crippen molar-refractivity contribution in [3.63, 3.8) is 0 Å². The van der Waals surface area contributed by atoms with Crippen LogP contribution in [0.1, 0.15) is 6.92 Å². The molecule has 0 N–H and O–H groups in total. The van der Waals surface area contributed by atoms with E-state index in [1.807, 2.05) is 12.3 Å². The molecule has 1 aliphatic rings. The molecule has 0 aromatic heterocycles. The first-order valence-corrected chi connectivity index (χ1v) is 2.61. The lowest BCUT2D eigenvalue weighted by Gasteiger charge is -1.88. The van der Waals surface area contributed by atoms with E-state index in [0.717, 1.165) is 0 Å². The van der Waals surface area contributed by atoms with Crippen molar-refractivity contribution in [1.82, 2.24) is 0 Å². The van der Waals surface area contributed by atoms with Crippen LogP contribution >= 0.6 is 0 Å². The van der Waals surface area contributed by atoms with Gasteiger partial charge in [0.25, 0.3) is 0 Å². The van der Waals surface area contributed by atoms with Crippen LogP contribution in [-0.2, 0) is 0 Å². The monoisotopic (exact) mass is 108 g/mol. The van der Waals surface area contributed by atoms with Gasteiger partial charge in [0.15, 0.2) is 0 Å². The third kappa shape index (κ3) is 1.30. The molecule has 2 nitrogen and oxygen atoms in total. The Labute approximate surface area is 48.7 Å². The van der Waals surface area contributed by atoms with Crippen LogP contribution in [0.2, 0.25) is 0 Å². The first-order valence-electron chi connectivity index (χ1n) is 2.61. The van der Waals surface area contributed by atoms with Crippen LogP contribution in [0, 0.1) is 5.92 Å². The third-order valence-electron chi connectivity index (χ3n) is 0.930. The fourth-order valence-electron chi connectivity index (χ4n) is 0.486. The minimum atomic E-state index is 0.428. The van der Waals surface area contributed by atoms with E-state index in [-0.39, 0.29) is 0 Å². The second-order valence-electron chi connectivity index (χ2n) is 1.76. The molecule has 1 unspecified atom stereocenters. The second-order valence-corrected chi connectivity index (χ2v) is 1.76. The molecular weight excluding hydrogens is 100 g/mol. The van der Waals surface area contributed by atoms with Gasteiger partial charge >= 0.3 is 0 Å². The molecule has 0 aromatic carbocycles. The number of nitrogens with zero attached hydrogens (tertiary/aromatic N) is 2. The molecule has 1 atom stereocenters. The lowest BCUT2D eigenvalue weighted by atomic mass is 10.2. The molecule has 8 heavy (non-hydrogen) atoms.